The van der Waals surface area contributed by atoms with Gasteiger partial charge in [0.05, 0.1) is 18.9 Å². The number of ether oxygens (including phenoxy) is 2. The molecule has 1 aromatic heterocycles. The van der Waals surface area contributed by atoms with Crippen molar-refractivity contribution in [2.24, 2.45) is 11.5 Å². The Bertz CT molecular complexity index is 758. The topological polar surface area (TPSA) is 123 Å². The quantitative estimate of drug-likeness (QED) is 0.701. The van der Waals surface area contributed by atoms with E-state index in [1.54, 1.807) is 12.3 Å². The number of allylic oxidation sites excluding steroid dienone is 1. The zero-order valence-electron chi connectivity index (χ0n) is 13.1. The third kappa shape index (κ3) is 3.55. The number of H-pyrrole nitrogens is 1. The maximum absolute atomic E-state index is 8.79. The molecule has 7 heteroatoms. The average Bonchev–Trinajstić information content (AvgIpc) is 3.05. The van der Waals surface area contributed by atoms with Crippen LogP contribution in [0, 0.1) is 11.3 Å². The van der Waals surface area contributed by atoms with Crippen molar-refractivity contribution in [1.29, 1.82) is 5.26 Å². The van der Waals surface area contributed by atoms with E-state index in [2.05, 4.69) is 9.97 Å². The lowest BCUT2D eigenvalue weighted by atomic mass is 10.2. The number of nitriles is 1. The van der Waals surface area contributed by atoms with Crippen LogP contribution >= 0.6 is 0 Å². The van der Waals surface area contributed by atoms with Gasteiger partial charge in [0, 0.05) is 11.8 Å². The van der Waals surface area contributed by atoms with E-state index in [0.717, 1.165) is 5.56 Å². The molecule has 0 saturated heterocycles. The third-order valence-corrected chi connectivity index (χ3v) is 3.08. The molecule has 0 atom stereocenters. The van der Waals surface area contributed by atoms with Crippen molar-refractivity contribution in [2.45, 2.75) is 13.8 Å². The number of nitrogens with zero attached hydrogens (tertiary/aromatic N) is 2. The number of nitrogens with two attached hydrogens (primary N) is 2. The zero-order valence-corrected chi connectivity index (χ0v) is 13.1. The van der Waals surface area contributed by atoms with Crippen LogP contribution in [0.5, 0.6) is 11.5 Å². The Kier molecular flexibility index (Phi) is 5.10. The first kappa shape index (κ1) is 16.2. The highest BCUT2D eigenvalue weighted by atomic mass is 16.5. The Labute approximate surface area is 134 Å². The third-order valence-electron chi connectivity index (χ3n) is 3.08. The highest BCUT2D eigenvalue weighted by Crippen LogP contribution is 2.32. The summed E-state index contributed by atoms with van der Waals surface area (Å²) in [6.07, 6.45) is 1.60. The van der Waals surface area contributed by atoms with Crippen molar-refractivity contribution >= 4 is 5.70 Å². The predicted molar refractivity (Wildman–Crippen MR) is 87.3 cm³/mol. The van der Waals surface area contributed by atoms with Crippen molar-refractivity contribution in [2.75, 3.05) is 13.2 Å². The molecule has 2 rings (SSSR count). The van der Waals surface area contributed by atoms with Crippen molar-refractivity contribution in [3.63, 3.8) is 0 Å². The number of imidazole rings is 1. The summed E-state index contributed by atoms with van der Waals surface area (Å²) in [5, 5.41) is 8.79. The molecule has 0 unspecified atom stereocenters. The average molecular weight is 313 g/mol. The van der Waals surface area contributed by atoms with Crippen molar-refractivity contribution < 1.29 is 9.47 Å². The molecule has 23 heavy (non-hydrogen) atoms. The smallest absolute Gasteiger partial charge is 0.161 e. The monoisotopic (exact) mass is 313 g/mol. The molecule has 0 amide bonds. The maximum atomic E-state index is 8.79. The molecular weight excluding hydrogens is 294 g/mol. The van der Waals surface area contributed by atoms with Crippen LogP contribution in [0.4, 0.5) is 0 Å². The molecule has 7 nitrogen and oxygen atoms in total. The second-order valence-corrected chi connectivity index (χ2v) is 4.60. The van der Waals surface area contributed by atoms with E-state index >= 15 is 0 Å². The highest BCUT2D eigenvalue weighted by Gasteiger charge is 2.12. The second kappa shape index (κ2) is 7.22. The van der Waals surface area contributed by atoms with Crippen LogP contribution in [0.15, 0.2) is 30.1 Å². The molecule has 1 aromatic carbocycles. The summed E-state index contributed by atoms with van der Waals surface area (Å²) in [4.78, 5) is 7.38. The van der Waals surface area contributed by atoms with Crippen LogP contribution in [-0.4, -0.2) is 23.2 Å². The van der Waals surface area contributed by atoms with Crippen LogP contribution < -0.4 is 20.9 Å². The zero-order chi connectivity index (χ0) is 16.8. The Morgan fingerprint density at radius 2 is 1.91 bits per heavy atom. The van der Waals surface area contributed by atoms with Gasteiger partial charge in [-0.05, 0) is 32.0 Å². The molecule has 0 spiro atoms. The summed E-state index contributed by atoms with van der Waals surface area (Å²) in [7, 11) is 0. The molecule has 0 radical (unpaired) electrons. The molecule has 0 fully saturated rings. The highest BCUT2D eigenvalue weighted by molar-refractivity contribution is 5.68. The Morgan fingerprint density at radius 3 is 2.57 bits per heavy atom. The predicted octanol–water partition coefficient (Wildman–Crippen LogP) is 1.98. The van der Waals surface area contributed by atoms with Crippen LogP contribution in [0.25, 0.3) is 17.1 Å². The Balaban J connectivity index is 2.38. The van der Waals surface area contributed by atoms with Gasteiger partial charge in [0.1, 0.15) is 23.3 Å². The van der Waals surface area contributed by atoms with Crippen LogP contribution in [-0.2, 0) is 0 Å². The number of hydrogen-bond acceptors (Lipinski definition) is 6. The van der Waals surface area contributed by atoms with E-state index in [9.17, 15) is 0 Å². The van der Waals surface area contributed by atoms with Crippen LogP contribution in [0.1, 0.15) is 19.5 Å². The van der Waals surface area contributed by atoms with Gasteiger partial charge in [0.15, 0.2) is 11.5 Å². The number of aromatic amines is 1. The van der Waals surface area contributed by atoms with E-state index in [1.165, 1.54) is 0 Å². The minimum absolute atomic E-state index is 0.0650. The number of hydrogen-bond donors (Lipinski definition) is 3. The molecule has 120 valence electrons. The fraction of sp³-hybridized carbons (Fsp3) is 0.250. The summed E-state index contributed by atoms with van der Waals surface area (Å²) >= 11 is 0. The van der Waals surface area contributed by atoms with E-state index in [1.807, 2.05) is 32.0 Å². The summed E-state index contributed by atoms with van der Waals surface area (Å²) in [6, 6.07) is 7.33. The van der Waals surface area contributed by atoms with Crippen molar-refractivity contribution in [3.8, 4) is 29.0 Å². The number of aromatic nitrogens is 2. The van der Waals surface area contributed by atoms with Gasteiger partial charge in [0.25, 0.3) is 0 Å². The lowest BCUT2D eigenvalue weighted by Gasteiger charge is -2.11. The summed E-state index contributed by atoms with van der Waals surface area (Å²) in [6.45, 7) is 4.90. The van der Waals surface area contributed by atoms with Gasteiger partial charge in [-0.15, -0.1) is 0 Å². The van der Waals surface area contributed by atoms with E-state index in [0.29, 0.717) is 36.2 Å². The SMILES string of the molecule is CCOc1ccc(-c2nc(/C(N)=C(/N)C#N)c[nH]2)cc1OCC. The standard InChI is InChI=1S/C16H19N5O2/c1-3-22-13-6-5-10(7-14(13)23-4-2)16-20-9-12(21-16)15(19)11(18)8-17/h5-7,9H,3-4,18-19H2,1-2H3,(H,20,21)/b15-11-. The molecular formula is C16H19N5O2. The van der Waals surface area contributed by atoms with Gasteiger partial charge < -0.3 is 25.9 Å². The lowest BCUT2D eigenvalue weighted by molar-refractivity contribution is 0.288. The van der Waals surface area contributed by atoms with Crippen LogP contribution in [0.2, 0.25) is 0 Å². The minimum atomic E-state index is -0.0650. The second-order valence-electron chi connectivity index (χ2n) is 4.60. The Hall–Kier alpha value is -3.14. The summed E-state index contributed by atoms with van der Waals surface area (Å²) < 4.78 is 11.1. The van der Waals surface area contributed by atoms with E-state index < -0.39 is 0 Å². The first-order valence-electron chi connectivity index (χ1n) is 7.21. The first-order valence-corrected chi connectivity index (χ1v) is 7.21. The Morgan fingerprint density at radius 1 is 1.22 bits per heavy atom. The number of nitrogens with one attached hydrogen (secondary N) is 1. The van der Waals surface area contributed by atoms with E-state index in [4.69, 9.17) is 26.2 Å². The van der Waals surface area contributed by atoms with Gasteiger partial charge >= 0.3 is 0 Å². The molecule has 0 aliphatic rings. The molecule has 0 saturated carbocycles. The summed E-state index contributed by atoms with van der Waals surface area (Å²) in [5.41, 5.74) is 12.6. The van der Waals surface area contributed by atoms with Crippen molar-refractivity contribution in [3.05, 3.63) is 35.8 Å². The fourth-order valence-corrected chi connectivity index (χ4v) is 2.00. The summed E-state index contributed by atoms with van der Waals surface area (Å²) in [5.74, 6) is 1.92. The molecule has 0 aliphatic carbocycles. The molecule has 2 aromatic rings. The van der Waals surface area contributed by atoms with Crippen molar-refractivity contribution in [1.82, 2.24) is 9.97 Å². The minimum Gasteiger partial charge on any atom is -0.490 e. The number of rotatable bonds is 6. The molecule has 1 heterocycles. The molecule has 0 bridgehead atoms. The largest absolute Gasteiger partial charge is 0.490 e. The van der Waals surface area contributed by atoms with E-state index in [-0.39, 0.29) is 11.4 Å². The van der Waals surface area contributed by atoms with Gasteiger partial charge in [-0.2, -0.15) is 5.26 Å². The molecule has 5 N–H and O–H groups in total. The van der Waals surface area contributed by atoms with Gasteiger partial charge in [-0.25, -0.2) is 4.98 Å². The fourth-order valence-electron chi connectivity index (χ4n) is 2.00. The van der Waals surface area contributed by atoms with Gasteiger partial charge in [-0.1, -0.05) is 0 Å². The first-order chi connectivity index (χ1) is 11.1. The maximum Gasteiger partial charge on any atom is 0.161 e. The van der Waals surface area contributed by atoms with Crippen LogP contribution in [0.3, 0.4) is 0 Å². The number of benzene rings is 1. The molecule has 0 aliphatic heterocycles. The van der Waals surface area contributed by atoms with Gasteiger partial charge in [0.2, 0.25) is 0 Å². The lowest BCUT2D eigenvalue weighted by Crippen LogP contribution is -2.07. The normalized spacial score (nSPS) is 11.5. The van der Waals surface area contributed by atoms with Gasteiger partial charge in [-0.3, -0.25) is 0 Å².